The zero-order valence-electron chi connectivity index (χ0n) is 12.0. The first-order valence-corrected chi connectivity index (χ1v) is 8.08. The second-order valence-corrected chi connectivity index (χ2v) is 6.89. The Morgan fingerprint density at radius 1 is 1.16 bits per heavy atom. The van der Waals surface area contributed by atoms with E-state index in [1.54, 1.807) is 0 Å². The second kappa shape index (κ2) is 5.68. The van der Waals surface area contributed by atoms with Crippen molar-refractivity contribution in [3.8, 4) is 0 Å². The van der Waals surface area contributed by atoms with E-state index < -0.39 is 0 Å². The van der Waals surface area contributed by atoms with E-state index in [2.05, 4.69) is 10.2 Å². The Morgan fingerprint density at radius 3 is 2.47 bits per heavy atom. The highest BCUT2D eigenvalue weighted by molar-refractivity contribution is 5.06. The molecule has 19 heavy (non-hydrogen) atoms. The Hall–Kier alpha value is -0.160. The van der Waals surface area contributed by atoms with E-state index in [0.29, 0.717) is 18.6 Å². The molecular weight excluding hydrogens is 238 g/mol. The number of hydrogen-bond donors (Lipinski definition) is 3. The Morgan fingerprint density at radius 2 is 1.89 bits per heavy atom. The van der Waals surface area contributed by atoms with E-state index in [1.807, 2.05) is 0 Å². The van der Waals surface area contributed by atoms with Gasteiger partial charge in [0.05, 0.1) is 0 Å². The molecule has 4 nitrogen and oxygen atoms in total. The fourth-order valence-corrected chi connectivity index (χ4v) is 4.61. The summed E-state index contributed by atoms with van der Waals surface area (Å²) in [5, 5.41) is 13.5. The van der Waals surface area contributed by atoms with Crippen LogP contribution in [0.2, 0.25) is 0 Å². The lowest BCUT2D eigenvalue weighted by Gasteiger charge is -2.55. The van der Waals surface area contributed by atoms with Crippen LogP contribution in [0.15, 0.2) is 0 Å². The highest BCUT2D eigenvalue weighted by Crippen LogP contribution is 2.37. The molecule has 4 rings (SSSR count). The van der Waals surface area contributed by atoms with Crippen LogP contribution in [0.25, 0.3) is 0 Å². The highest BCUT2D eigenvalue weighted by atomic mass is 16.3. The largest absolute Gasteiger partial charge is 0.396 e. The maximum atomic E-state index is 9.60. The molecule has 4 N–H and O–H groups in total. The fourth-order valence-electron chi connectivity index (χ4n) is 4.61. The lowest BCUT2D eigenvalue weighted by Crippen LogP contribution is -2.71. The van der Waals surface area contributed by atoms with Crippen LogP contribution in [0.1, 0.15) is 38.5 Å². The van der Waals surface area contributed by atoms with Crippen LogP contribution >= 0.6 is 0 Å². The van der Waals surface area contributed by atoms with Gasteiger partial charge in [-0.25, -0.2) is 0 Å². The summed E-state index contributed by atoms with van der Waals surface area (Å²) in [5.41, 5.74) is 6.29. The number of nitrogens with zero attached hydrogens (tertiary/aromatic N) is 1. The van der Waals surface area contributed by atoms with Crippen molar-refractivity contribution in [3.05, 3.63) is 0 Å². The van der Waals surface area contributed by atoms with E-state index in [9.17, 15) is 5.11 Å². The molecule has 0 aromatic carbocycles. The molecule has 0 amide bonds. The van der Waals surface area contributed by atoms with Crippen molar-refractivity contribution in [2.45, 2.75) is 50.1 Å². The third-order valence-electron chi connectivity index (χ3n) is 5.86. The second-order valence-electron chi connectivity index (χ2n) is 6.89. The Balaban J connectivity index is 1.71. The number of aliphatic hydroxyl groups is 1. The SMILES string of the molecule is NCC1(NC2CCCCC2CO)CN2CCC1CC2. The molecule has 4 fully saturated rings. The van der Waals surface area contributed by atoms with Crippen molar-refractivity contribution >= 4 is 0 Å². The van der Waals surface area contributed by atoms with Crippen LogP contribution < -0.4 is 11.1 Å². The molecule has 4 aliphatic rings. The van der Waals surface area contributed by atoms with Crippen LogP contribution in [-0.4, -0.2) is 54.4 Å². The Labute approximate surface area is 116 Å². The van der Waals surface area contributed by atoms with Gasteiger partial charge in [0, 0.05) is 31.3 Å². The highest BCUT2D eigenvalue weighted by Gasteiger charge is 2.47. The summed E-state index contributed by atoms with van der Waals surface area (Å²) in [6, 6.07) is 0.475. The molecule has 1 saturated carbocycles. The molecule has 4 heteroatoms. The Bertz CT molecular complexity index is 304. The maximum Gasteiger partial charge on any atom is 0.0474 e. The molecule has 0 spiro atoms. The van der Waals surface area contributed by atoms with Gasteiger partial charge in [-0.3, -0.25) is 0 Å². The normalized spacial score (nSPS) is 46.4. The summed E-state index contributed by atoms with van der Waals surface area (Å²) >= 11 is 0. The van der Waals surface area contributed by atoms with Gasteiger partial charge in [-0.1, -0.05) is 12.8 Å². The quantitative estimate of drug-likeness (QED) is 0.696. The number of hydrogen-bond acceptors (Lipinski definition) is 4. The summed E-state index contributed by atoms with van der Waals surface area (Å²) in [4.78, 5) is 2.57. The summed E-state index contributed by atoms with van der Waals surface area (Å²) < 4.78 is 0. The number of rotatable bonds is 4. The minimum absolute atomic E-state index is 0.117. The van der Waals surface area contributed by atoms with Crippen molar-refractivity contribution in [2.75, 3.05) is 32.8 Å². The molecular formula is C15H29N3O. The summed E-state index contributed by atoms with van der Waals surface area (Å²) in [6.07, 6.45) is 7.53. The van der Waals surface area contributed by atoms with Gasteiger partial charge in [-0.2, -0.15) is 0 Å². The van der Waals surface area contributed by atoms with Gasteiger partial charge in [0.1, 0.15) is 0 Å². The van der Waals surface area contributed by atoms with Gasteiger partial charge in [0.15, 0.2) is 0 Å². The van der Waals surface area contributed by atoms with Crippen molar-refractivity contribution in [2.24, 2.45) is 17.6 Å². The maximum absolute atomic E-state index is 9.60. The first-order valence-electron chi connectivity index (χ1n) is 8.08. The van der Waals surface area contributed by atoms with Crippen molar-refractivity contribution < 1.29 is 5.11 Å². The monoisotopic (exact) mass is 267 g/mol. The number of nitrogens with two attached hydrogens (primary N) is 1. The van der Waals surface area contributed by atoms with Crippen molar-refractivity contribution in [1.29, 1.82) is 0 Å². The first-order chi connectivity index (χ1) is 9.27. The lowest BCUT2D eigenvalue weighted by atomic mass is 9.71. The summed E-state index contributed by atoms with van der Waals surface area (Å²) in [5.74, 6) is 1.18. The summed E-state index contributed by atoms with van der Waals surface area (Å²) in [6.45, 7) is 4.68. The van der Waals surface area contributed by atoms with Gasteiger partial charge in [0.2, 0.25) is 0 Å². The fraction of sp³-hybridized carbons (Fsp3) is 1.00. The molecule has 3 aliphatic heterocycles. The van der Waals surface area contributed by atoms with Gasteiger partial charge in [-0.05, 0) is 50.6 Å². The van der Waals surface area contributed by atoms with Gasteiger partial charge >= 0.3 is 0 Å². The number of piperidine rings is 3. The predicted molar refractivity (Wildman–Crippen MR) is 76.9 cm³/mol. The van der Waals surface area contributed by atoms with E-state index in [-0.39, 0.29) is 5.54 Å². The van der Waals surface area contributed by atoms with E-state index >= 15 is 0 Å². The molecule has 3 unspecified atom stereocenters. The number of nitrogens with one attached hydrogen (secondary N) is 1. The minimum Gasteiger partial charge on any atom is -0.396 e. The number of aliphatic hydroxyl groups excluding tert-OH is 1. The molecule has 1 aliphatic carbocycles. The average molecular weight is 267 g/mol. The van der Waals surface area contributed by atoms with Crippen LogP contribution in [0, 0.1) is 11.8 Å². The zero-order chi connectivity index (χ0) is 13.3. The minimum atomic E-state index is 0.117. The molecule has 0 aromatic rings. The van der Waals surface area contributed by atoms with Crippen molar-refractivity contribution in [3.63, 3.8) is 0 Å². The third-order valence-corrected chi connectivity index (χ3v) is 5.86. The van der Waals surface area contributed by atoms with Gasteiger partial charge < -0.3 is 21.1 Å². The molecule has 0 radical (unpaired) electrons. The third kappa shape index (κ3) is 2.56. The molecule has 2 bridgehead atoms. The zero-order valence-corrected chi connectivity index (χ0v) is 12.0. The van der Waals surface area contributed by atoms with E-state index in [4.69, 9.17) is 5.73 Å². The first kappa shape index (κ1) is 13.8. The van der Waals surface area contributed by atoms with Crippen LogP contribution in [0.4, 0.5) is 0 Å². The Kier molecular flexibility index (Phi) is 4.13. The van der Waals surface area contributed by atoms with E-state index in [1.165, 1.54) is 51.6 Å². The van der Waals surface area contributed by atoms with Gasteiger partial charge in [0.25, 0.3) is 0 Å². The molecule has 3 saturated heterocycles. The average Bonchev–Trinajstić information content (AvgIpc) is 2.49. The molecule has 3 atom stereocenters. The van der Waals surface area contributed by atoms with Crippen LogP contribution in [0.3, 0.4) is 0 Å². The van der Waals surface area contributed by atoms with E-state index in [0.717, 1.165) is 19.0 Å². The topological polar surface area (TPSA) is 61.5 Å². The molecule has 3 heterocycles. The van der Waals surface area contributed by atoms with Gasteiger partial charge in [-0.15, -0.1) is 0 Å². The standard InChI is InChI=1S/C15H29N3O/c16-10-15(11-18-7-5-13(15)6-8-18)17-14-4-2-1-3-12(14)9-19/h12-14,17,19H,1-11,16H2. The smallest absolute Gasteiger partial charge is 0.0474 e. The summed E-state index contributed by atoms with van der Waals surface area (Å²) in [7, 11) is 0. The van der Waals surface area contributed by atoms with Crippen LogP contribution in [-0.2, 0) is 0 Å². The van der Waals surface area contributed by atoms with Crippen molar-refractivity contribution in [1.82, 2.24) is 10.2 Å². The molecule has 110 valence electrons. The lowest BCUT2D eigenvalue weighted by molar-refractivity contribution is -0.00738. The predicted octanol–water partition coefficient (Wildman–Crippen LogP) is 0.550. The van der Waals surface area contributed by atoms with Crippen LogP contribution in [0.5, 0.6) is 0 Å². The molecule has 0 aromatic heterocycles. The number of fused-ring (bicyclic) bond motifs is 3.